The van der Waals surface area contributed by atoms with Crippen molar-refractivity contribution in [1.29, 1.82) is 0 Å². The van der Waals surface area contributed by atoms with E-state index < -0.39 is 5.79 Å². The van der Waals surface area contributed by atoms with Crippen molar-refractivity contribution in [2.24, 2.45) is 0 Å². The molecule has 0 aromatic carbocycles. The van der Waals surface area contributed by atoms with E-state index in [1.807, 2.05) is 6.92 Å². The minimum Gasteiger partial charge on any atom is -0.449 e. The zero-order valence-corrected chi connectivity index (χ0v) is 8.43. The maximum atomic E-state index is 10.7. The number of fused-ring (bicyclic) bond motifs is 2. The van der Waals surface area contributed by atoms with Crippen molar-refractivity contribution in [3.05, 3.63) is 0 Å². The summed E-state index contributed by atoms with van der Waals surface area (Å²) in [6.07, 6.45) is -0.104. The van der Waals surface area contributed by atoms with Crippen LogP contribution in [0.3, 0.4) is 0 Å². The minimum atomic E-state index is -0.466. The van der Waals surface area contributed by atoms with Crippen LogP contribution in [0.15, 0.2) is 0 Å². The summed E-state index contributed by atoms with van der Waals surface area (Å²) < 4.78 is 16.1. The van der Waals surface area contributed by atoms with Crippen LogP contribution in [0.5, 0.6) is 0 Å². The number of rotatable bonds is 1. The lowest BCUT2D eigenvalue weighted by Crippen LogP contribution is -2.40. The highest BCUT2D eigenvalue weighted by molar-refractivity contribution is 7.99. The number of esters is 1. The Hall–Kier alpha value is -0.260. The number of thioether (sulfide) groups is 1. The summed E-state index contributed by atoms with van der Waals surface area (Å²) >= 11 is 1.58. The van der Waals surface area contributed by atoms with E-state index in [2.05, 4.69) is 0 Å². The smallest absolute Gasteiger partial charge is 0.303 e. The highest BCUT2D eigenvalue weighted by Gasteiger charge is 2.47. The first-order chi connectivity index (χ1) is 6.09. The molecule has 5 heteroatoms. The summed E-state index contributed by atoms with van der Waals surface area (Å²) in [6, 6.07) is 0. The molecule has 0 spiro atoms. The molecular weight excluding hydrogens is 192 g/mol. The molecule has 2 saturated heterocycles. The van der Waals surface area contributed by atoms with Crippen molar-refractivity contribution in [3.63, 3.8) is 0 Å². The normalized spacial score (nSPS) is 43.2. The fourth-order valence-electron chi connectivity index (χ4n) is 1.47. The van der Waals surface area contributed by atoms with E-state index in [4.69, 9.17) is 14.2 Å². The maximum absolute atomic E-state index is 10.7. The number of hydrogen-bond donors (Lipinski definition) is 0. The second kappa shape index (κ2) is 3.15. The molecule has 2 rings (SSSR count). The van der Waals surface area contributed by atoms with Gasteiger partial charge in [-0.05, 0) is 6.92 Å². The first-order valence-corrected chi connectivity index (χ1v) is 5.24. The van der Waals surface area contributed by atoms with Crippen molar-refractivity contribution in [2.75, 3.05) is 12.4 Å². The van der Waals surface area contributed by atoms with Crippen molar-refractivity contribution < 1.29 is 19.0 Å². The predicted molar refractivity (Wildman–Crippen MR) is 47.2 cm³/mol. The molecule has 2 aliphatic heterocycles. The minimum absolute atomic E-state index is 0.104. The molecule has 0 aromatic heterocycles. The van der Waals surface area contributed by atoms with Crippen LogP contribution in [0.4, 0.5) is 0 Å². The first-order valence-electron chi connectivity index (χ1n) is 4.20. The van der Waals surface area contributed by atoms with Gasteiger partial charge in [-0.3, -0.25) is 4.79 Å². The zero-order chi connectivity index (χ0) is 9.47. The molecular formula is C8H12O4S. The van der Waals surface area contributed by atoms with Gasteiger partial charge in [0.25, 0.3) is 0 Å². The van der Waals surface area contributed by atoms with Gasteiger partial charge in [0.2, 0.25) is 0 Å². The molecule has 0 aromatic rings. The van der Waals surface area contributed by atoms with Crippen LogP contribution >= 0.6 is 11.8 Å². The lowest BCUT2D eigenvalue weighted by molar-refractivity contribution is -0.163. The zero-order valence-electron chi connectivity index (χ0n) is 7.61. The number of carbonyl (C=O) groups is 1. The molecule has 3 unspecified atom stereocenters. The maximum Gasteiger partial charge on any atom is 0.303 e. The summed E-state index contributed by atoms with van der Waals surface area (Å²) in [5, 5.41) is 0. The van der Waals surface area contributed by atoms with Gasteiger partial charge in [-0.15, -0.1) is 11.8 Å². The molecule has 0 amide bonds. The van der Waals surface area contributed by atoms with Crippen LogP contribution in [0.25, 0.3) is 0 Å². The van der Waals surface area contributed by atoms with Crippen LogP contribution in [0, 0.1) is 0 Å². The van der Waals surface area contributed by atoms with Crippen molar-refractivity contribution in [2.45, 2.75) is 31.2 Å². The van der Waals surface area contributed by atoms with Gasteiger partial charge in [0.05, 0.1) is 12.4 Å². The second-order valence-corrected chi connectivity index (χ2v) is 4.48. The molecule has 13 heavy (non-hydrogen) atoms. The average Bonchev–Trinajstić information content (AvgIpc) is 2.36. The molecule has 2 fully saturated rings. The van der Waals surface area contributed by atoms with Gasteiger partial charge in [0.15, 0.2) is 11.2 Å². The van der Waals surface area contributed by atoms with E-state index in [1.165, 1.54) is 6.92 Å². The van der Waals surface area contributed by atoms with Crippen LogP contribution < -0.4 is 0 Å². The van der Waals surface area contributed by atoms with Gasteiger partial charge in [-0.1, -0.05) is 0 Å². The molecule has 4 nitrogen and oxygen atoms in total. The highest BCUT2D eigenvalue weighted by atomic mass is 32.2. The Balaban J connectivity index is 1.99. The summed E-state index contributed by atoms with van der Waals surface area (Å²) in [5.74, 6) is -0.0236. The third-order valence-corrected chi connectivity index (χ3v) is 3.47. The Morgan fingerprint density at radius 3 is 3.15 bits per heavy atom. The third kappa shape index (κ3) is 1.82. The molecule has 3 atom stereocenters. The fraction of sp³-hybridized carbons (Fsp3) is 0.875. The third-order valence-electron chi connectivity index (χ3n) is 2.05. The van der Waals surface area contributed by atoms with Crippen molar-refractivity contribution in [3.8, 4) is 0 Å². The molecule has 0 radical (unpaired) electrons. The molecule has 0 saturated carbocycles. The monoisotopic (exact) mass is 204 g/mol. The Bertz CT molecular complexity index is 232. The van der Waals surface area contributed by atoms with Crippen molar-refractivity contribution >= 4 is 17.7 Å². The van der Waals surface area contributed by atoms with Crippen molar-refractivity contribution in [1.82, 2.24) is 0 Å². The quantitative estimate of drug-likeness (QED) is 0.590. The molecule has 2 bridgehead atoms. The summed E-state index contributed by atoms with van der Waals surface area (Å²) in [6.45, 7) is 3.83. The van der Waals surface area contributed by atoms with Gasteiger partial charge >= 0.3 is 5.97 Å². The van der Waals surface area contributed by atoms with E-state index in [0.717, 1.165) is 0 Å². The van der Waals surface area contributed by atoms with Crippen LogP contribution in [0.2, 0.25) is 0 Å². The lowest BCUT2D eigenvalue weighted by Gasteiger charge is -2.31. The van der Waals surface area contributed by atoms with Gasteiger partial charge in [-0.25, -0.2) is 0 Å². The van der Waals surface area contributed by atoms with E-state index in [9.17, 15) is 4.79 Å². The van der Waals surface area contributed by atoms with Gasteiger partial charge in [-0.2, -0.15) is 0 Å². The van der Waals surface area contributed by atoms with Gasteiger partial charge in [0.1, 0.15) is 6.10 Å². The number of ether oxygens (including phenoxy) is 3. The topological polar surface area (TPSA) is 44.8 Å². The van der Waals surface area contributed by atoms with Gasteiger partial charge in [0, 0.05) is 6.92 Å². The largest absolute Gasteiger partial charge is 0.449 e. The standard InChI is InChI=1S/C8H12O4S/c1-5(9)11-7-6-3-10-8(2,12-6)4-13-7/h6-7H,3-4H2,1-2H3. The number of carbonyl (C=O) groups excluding carboxylic acids is 1. The molecule has 0 N–H and O–H groups in total. The van der Waals surface area contributed by atoms with E-state index >= 15 is 0 Å². The number of hydrogen-bond acceptors (Lipinski definition) is 5. The average molecular weight is 204 g/mol. The molecule has 2 aliphatic rings. The summed E-state index contributed by atoms with van der Waals surface area (Å²) in [5.41, 5.74) is -0.201. The van der Waals surface area contributed by atoms with Crippen LogP contribution in [0.1, 0.15) is 13.8 Å². The molecule has 74 valence electrons. The second-order valence-electron chi connectivity index (χ2n) is 3.39. The Kier molecular flexibility index (Phi) is 2.25. The SMILES string of the molecule is CC(=O)OC1SCC2(C)OCC1O2. The van der Waals surface area contributed by atoms with Gasteiger partial charge < -0.3 is 14.2 Å². The predicted octanol–water partition coefficient (Wildman–Crippen LogP) is 0.754. The van der Waals surface area contributed by atoms with E-state index in [1.54, 1.807) is 11.8 Å². The fourth-order valence-corrected chi connectivity index (χ4v) is 2.64. The lowest BCUT2D eigenvalue weighted by atomic mass is 10.4. The molecule has 0 aliphatic carbocycles. The Labute approximate surface area is 80.9 Å². The summed E-state index contributed by atoms with van der Waals surface area (Å²) in [4.78, 5) is 10.7. The highest BCUT2D eigenvalue weighted by Crippen LogP contribution is 2.39. The van der Waals surface area contributed by atoms with Crippen LogP contribution in [-0.4, -0.2) is 35.7 Å². The molecule has 2 heterocycles. The Morgan fingerprint density at radius 2 is 2.46 bits per heavy atom. The summed E-state index contributed by atoms with van der Waals surface area (Å²) in [7, 11) is 0. The Morgan fingerprint density at radius 1 is 1.69 bits per heavy atom. The first kappa shape index (κ1) is 9.30. The van der Waals surface area contributed by atoms with E-state index in [0.29, 0.717) is 12.4 Å². The van der Waals surface area contributed by atoms with E-state index in [-0.39, 0.29) is 17.5 Å². The van der Waals surface area contributed by atoms with Crippen LogP contribution in [-0.2, 0) is 19.0 Å².